The number of azo groups is 1. The summed E-state index contributed by atoms with van der Waals surface area (Å²) in [5.74, 6) is -0.206. The number of phenols is 1. The SMILES string of the molecule is CN=Nc1cc(S(=O)(=O)O)ccc1O. The minimum atomic E-state index is -4.27. The molecule has 0 heterocycles. The molecule has 6 nitrogen and oxygen atoms in total. The highest BCUT2D eigenvalue weighted by molar-refractivity contribution is 7.85. The van der Waals surface area contributed by atoms with E-state index >= 15 is 0 Å². The van der Waals surface area contributed by atoms with Crippen LogP contribution < -0.4 is 0 Å². The van der Waals surface area contributed by atoms with Crippen LogP contribution in [0.25, 0.3) is 0 Å². The Bertz CT molecular complexity index is 467. The molecule has 0 saturated heterocycles. The van der Waals surface area contributed by atoms with Gasteiger partial charge in [0.2, 0.25) is 0 Å². The molecule has 1 rings (SSSR count). The van der Waals surface area contributed by atoms with Crippen LogP contribution in [0, 0.1) is 0 Å². The number of hydrogen-bond donors (Lipinski definition) is 2. The topological polar surface area (TPSA) is 99.3 Å². The van der Waals surface area contributed by atoms with E-state index in [9.17, 15) is 13.5 Å². The van der Waals surface area contributed by atoms with Crippen LogP contribution >= 0.6 is 0 Å². The quantitative estimate of drug-likeness (QED) is 0.575. The summed E-state index contributed by atoms with van der Waals surface area (Å²) in [6.45, 7) is 0. The van der Waals surface area contributed by atoms with Gasteiger partial charge < -0.3 is 5.11 Å². The highest BCUT2D eigenvalue weighted by Crippen LogP contribution is 2.28. The number of phenolic OH excluding ortho intramolecular Hbond substituents is 1. The number of hydrogen-bond acceptors (Lipinski definition) is 5. The molecule has 1 aromatic carbocycles. The Balaban J connectivity index is 3.34. The minimum absolute atomic E-state index is 0.0115. The number of aromatic hydroxyl groups is 1. The van der Waals surface area contributed by atoms with Gasteiger partial charge in [-0.15, -0.1) is 0 Å². The van der Waals surface area contributed by atoms with Gasteiger partial charge in [-0.3, -0.25) is 4.55 Å². The zero-order valence-electron chi connectivity index (χ0n) is 7.25. The van der Waals surface area contributed by atoms with Crippen molar-refractivity contribution in [2.45, 2.75) is 4.90 Å². The summed E-state index contributed by atoms with van der Waals surface area (Å²) >= 11 is 0. The van der Waals surface area contributed by atoms with Crippen molar-refractivity contribution in [2.24, 2.45) is 10.2 Å². The lowest BCUT2D eigenvalue weighted by Gasteiger charge is -2.00. The van der Waals surface area contributed by atoms with E-state index < -0.39 is 10.1 Å². The first-order valence-electron chi connectivity index (χ1n) is 3.55. The maximum absolute atomic E-state index is 10.7. The van der Waals surface area contributed by atoms with Gasteiger partial charge in [0.1, 0.15) is 11.4 Å². The van der Waals surface area contributed by atoms with Crippen molar-refractivity contribution in [3.8, 4) is 5.75 Å². The molecule has 14 heavy (non-hydrogen) atoms. The third kappa shape index (κ3) is 2.27. The van der Waals surface area contributed by atoms with Gasteiger partial charge in [-0.2, -0.15) is 18.6 Å². The first-order chi connectivity index (χ1) is 6.45. The fourth-order valence-electron chi connectivity index (χ4n) is 0.852. The van der Waals surface area contributed by atoms with E-state index in [1.165, 1.54) is 7.05 Å². The molecule has 0 radical (unpaired) electrons. The lowest BCUT2D eigenvalue weighted by Crippen LogP contribution is -1.96. The van der Waals surface area contributed by atoms with E-state index in [0.717, 1.165) is 18.2 Å². The lowest BCUT2D eigenvalue weighted by molar-refractivity contribution is 0.473. The molecule has 0 spiro atoms. The van der Waals surface area contributed by atoms with Gasteiger partial charge in [0.15, 0.2) is 0 Å². The zero-order chi connectivity index (χ0) is 10.8. The van der Waals surface area contributed by atoms with Crippen LogP contribution in [0.1, 0.15) is 0 Å². The standard InChI is InChI=1S/C7H8N2O4S/c1-8-9-6-4-5(14(11,12)13)2-3-7(6)10/h2-4,10H,1H3,(H,11,12,13). The van der Waals surface area contributed by atoms with Crippen molar-refractivity contribution in [3.05, 3.63) is 18.2 Å². The zero-order valence-corrected chi connectivity index (χ0v) is 8.06. The molecule has 0 saturated carbocycles. The summed E-state index contributed by atoms with van der Waals surface area (Å²) < 4.78 is 30.1. The molecule has 0 unspecified atom stereocenters. The Kier molecular flexibility index (Phi) is 2.82. The first-order valence-corrected chi connectivity index (χ1v) is 4.99. The largest absolute Gasteiger partial charge is 0.506 e. The van der Waals surface area contributed by atoms with Crippen molar-refractivity contribution in [3.63, 3.8) is 0 Å². The predicted octanol–water partition coefficient (Wildman–Crippen LogP) is 1.35. The summed E-state index contributed by atoms with van der Waals surface area (Å²) in [6, 6.07) is 3.21. The van der Waals surface area contributed by atoms with Crippen LogP contribution in [0.4, 0.5) is 5.69 Å². The molecule has 0 aliphatic carbocycles. The molecule has 0 aliphatic rings. The molecule has 0 aliphatic heterocycles. The summed E-state index contributed by atoms with van der Waals surface area (Å²) in [6.07, 6.45) is 0. The molecule has 76 valence electrons. The molecule has 0 bridgehead atoms. The highest BCUT2D eigenvalue weighted by Gasteiger charge is 2.11. The van der Waals surface area contributed by atoms with Crippen LogP contribution in [-0.2, 0) is 10.1 Å². The maximum atomic E-state index is 10.7. The van der Waals surface area contributed by atoms with Gasteiger partial charge in [0.25, 0.3) is 10.1 Å². The van der Waals surface area contributed by atoms with Crippen molar-refractivity contribution < 1.29 is 18.1 Å². The highest BCUT2D eigenvalue weighted by atomic mass is 32.2. The van der Waals surface area contributed by atoms with Gasteiger partial charge in [-0.05, 0) is 18.2 Å². The van der Waals surface area contributed by atoms with E-state index in [2.05, 4.69) is 10.2 Å². The predicted molar refractivity (Wildman–Crippen MR) is 48.4 cm³/mol. The Labute approximate surface area is 80.7 Å². The van der Waals surface area contributed by atoms with Crippen molar-refractivity contribution >= 4 is 15.8 Å². The molecular formula is C7H8N2O4S. The Morgan fingerprint density at radius 3 is 2.50 bits per heavy atom. The van der Waals surface area contributed by atoms with Crippen molar-refractivity contribution in [1.29, 1.82) is 0 Å². The van der Waals surface area contributed by atoms with Crippen molar-refractivity contribution in [1.82, 2.24) is 0 Å². The van der Waals surface area contributed by atoms with Crippen LogP contribution in [0.3, 0.4) is 0 Å². The smallest absolute Gasteiger partial charge is 0.294 e. The molecule has 7 heteroatoms. The molecule has 0 atom stereocenters. The van der Waals surface area contributed by atoms with Crippen LogP contribution in [0.15, 0.2) is 33.3 Å². The third-order valence-electron chi connectivity index (χ3n) is 1.45. The Morgan fingerprint density at radius 1 is 1.36 bits per heavy atom. The second-order valence-corrected chi connectivity index (χ2v) is 3.85. The molecule has 1 aromatic rings. The molecule has 0 amide bonds. The fraction of sp³-hybridized carbons (Fsp3) is 0.143. The summed E-state index contributed by atoms with van der Waals surface area (Å²) in [4.78, 5) is -0.335. The fourth-order valence-corrected chi connectivity index (χ4v) is 1.35. The summed E-state index contributed by atoms with van der Waals surface area (Å²) in [5.41, 5.74) is -0.0115. The number of benzene rings is 1. The Morgan fingerprint density at radius 2 is 2.00 bits per heavy atom. The number of nitrogens with zero attached hydrogens (tertiary/aromatic N) is 2. The van der Waals surface area contributed by atoms with E-state index in [0.29, 0.717) is 0 Å². The second kappa shape index (κ2) is 3.72. The third-order valence-corrected chi connectivity index (χ3v) is 2.30. The number of rotatable bonds is 2. The van der Waals surface area contributed by atoms with Crippen LogP contribution in [0.5, 0.6) is 5.75 Å². The maximum Gasteiger partial charge on any atom is 0.294 e. The molecule has 0 aromatic heterocycles. The molecular weight excluding hydrogens is 208 g/mol. The molecule has 2 N–H and O–H groups in total. The average molecular weight is 216 g/mol. The van der Waals surface area contributed by atoms with Gasteiger partial charge in [-0.1, -0.05) is 0 Å². The minimum Gasteiger partial charge on any atom is -0.506 e. The van der Waals surface area contributed by atoms with Gasteiger partial charge >= 0.3 is 0 Å². The second-order valence-electron chi connectivity index (χ2n) is 2.43. The average Bonchev–Trinajstić information content (AvgIpc) is 2.07. The Hall–Kier alpha value is -1.47. The normalized spacial score (nSPS) is 12.1. The molecule has 0 fully saturated rings. The summed E-state index contributed by atoms with van der Waals surface area (Å²) in [5, 5.41) is 16.1. The van der Waals surface area contributed by atoms with Gasteiger partial charge in [0, 0.05) is 7.05 Å². The van der Waals surface area contributed by atoms with Gasteiger partial charge in [-0.25, -0.2) is 0 Å². The van der Waals surface area contributed by atoms with Gasteiger partial charge in [0.05, 0.1) is 4.90 Å². The van der Waals surface area contributed by atoms with E-state index in [1.807, 2.05) is 0 Å². The van der Waals surface area contributed by atoms with Crippen LogP contribution in [0.2, 0.25) is 0 Å². The van der Waals surface area contributed by atoms with E-state index in [4.69, 9.17) is 4.55 Å². The van der Waals surface area contributed by atoms with E-state index in [-0.39, 0.29) is 16.3 Å². The lowest BCUT2D eigenvalue weighted by atomic mass is 10.3. The van der Waals surface area contributed by atoms with Crippen LogP contribution in [-0.4, -0.2) is 25.1 Å². The first kappa shape index (κ1) is 10.6. The van der Waals surface area contributed by atoms with E-state index in [1.54, 1.807) is 0 Å². The van der Waals surface area contributed by atoms with Crippen molar-refractivity contribution in [2.75, 3.05) is 7.05 Å². The summed E-state index contributed by atoms with van der Waals surface area (Å²) in [7, 11) is -2.90. The monoisotopic (exact) mass is 216 g/mol.